The van der Waals surface area contributed by atoms with Gasteiger partial charge in [-0.15, -0.1) is 0 Å². The molecule has 0 aromatic rings. The van der Waals surface area contributed by atoms with Gasteiger partial charge in [-0.2, -0.15) is 0 Å². The Morgan fingerprint density at radius 1 is 1.69 bits per heavy atom. The predicted octanol–water partition coefficient (Wildman–Crippen LogP) is 0.669. The van der Waals surface area contributed by atoms with Crippen molar-refractivity contribution in [2.45, 2.75) is 13.3 Å². The van der Waals surface area contributed by atoms with E-state index in [0.29, 0.717) is 11.8 Å². The zero-order chi connectivity index (χ0) is 9.84. The molecule has 1 saturated heterocycles. The first-order valence-electron chi connectivity index (χ1n) is 4.72. The van der Waals surface area contributed by atoms with E-state index < -0.39 is 0 Å². The highest BCUT2D eigenvalue weighted by atomic mass is 16.5. The number of methoxy groups -OCH3 is 1. The van der Waals surface area contributed by atoms with Crippen LogP contribution in [0.25, 0.3) is 0 Å². The molecule has 4 heteroatoms. The maximum absolute atomic E-state index is 11.2. The molecule has 0 aromatic carbocycles. The third-order valence-electron chi connectivity index (χ3n) is 2.82. The van der Waals surface area contributed by atoms with Gasteiger partial charge < -0.3 is 15.4 Å². The van der Waals surface area contributed by atoms with Crippen LogP contribution in [0.15, 0.2) is 0 Å². The minimum absolute atomic E-state index is 0.220. The zero-order valence-corrected chi connectivity index (χ0v) is 8.32. The lowest BCUT2D eigenvalue weighted by molar-refractivity contribution is 0.0885. The minimum atomic E-state index is -0.220. The lowest BCUT2D eigenvalue weighted by Gasteiger charge is -2.35. The first kappa shape index (κ1) is 10.3. The summed E-state index contributed by atoms with van der Waals surface area (Å²) in [4.78, 5) is 12.9. The lowest BCUT2D eigenvalue weighted by Crippen LogP contribution is -2.44. The standard InChI is InChI=1S/C9H18N2O2/c1-7-6-11(9(12)13-2)4-3-8(7)5-10/h7-8H,3-6,10H2,1-2H3/t7-,8-/m1/s1. The van der Waals surface area contributed by atoms with Gasteiger partial charge >= 0.3 is 6.09 Å². The van der Waals surface area contributed by atoms with Crippen molar-refractivity contribution in [3.05, 3.63) is 0 Å². The molecule has 13 heavy (non-hydrogen) atoms. The molecular formula is C9H18N2O2. The van der Waals surface area contributed by atoms with E-state index in [-0.39, 0.29) is 6.09 Å². The van der Waals surface area contributed by atoms with Crippen LogP contribution in [-0.2, 0) is 4.74 Å². The van der Waals surface area contributed by atoms with E-state index in [1.165, 1.54) is 7.11 Å². The molecule has 1 aliphatic heterocycles. The molecule has 2 N–H and O–H groups in total. The number of carbonyl (C=O) groups is 1. The molecule has 0 spiro atoms. The summed E-state index contributed by atoms with van der Waals surface area (Å²) in [5.74, 6) is 1.04. The molecule has 1 fully saturated rings. The van der Waals surface area contributed by atoms with Crippen LogP contribution in [-0.4, -0.2) is 37.7 Å². The Morgan fingerprint density at radius 3 is 2.85 bits per heavy atom. The zero-order valence-electron chi connectivity index (χ0n) is 8.32. The second kappa shape index (κ2) is 4.46. The molecule has 2 atom stereocenters. The van der Waals surface area contributed by atoms with E-state index >= 15 is 0 Å². The van der Waals surface area contributed by atoms with Crippen LogP contribution in [0.5, 0.6) is 0 Å². The molecule has 4 nitrogen and oxygen atoms in total. The van der Waals surface area contributed by atoms with Crippen LogP contribution >= 0.6 is 0 Å². The van der Waals surface area contributed by atoms with E-state index in [0.717, 1.165) is 26.1 Å². The summed E-state index contributed by atoms with van der Waals surface area (Å²) in [6.07, 6.45) is 0.773. The number of amides is 1. The fraction of sp³-hybridized carbons (Fsp3) is 0.889. The van der Waals surface area contributed by atoms with Crippen molar-refractivity contribution in [3.63, 3.8) is 0 Å². The van der Waals surface area contributed by atoms with Crippen molar-refractivity contribution >= 4 is 6.09 Å². The Kier molecular flexibility index (Phi) is 3.54. The summed E-state index contributed by atoms with van der Waals surface area (Å²) in [5, 5.41) is 0. The van der Waals surface area contributed by atoms with Crippen molar-refractivity contribution < 1.29 is 9.53 Å². The Labute approximate surface area is 79.0 Å². The molecule has 1 heterocycles. The van der Waals surface area contributed by atoms with E-state index in [1.807, 2.05) is 0 Å². The fourth-order valence-corrected chi connectivity index (χ4v) is 1.84. The van der Waals surface area contributed by atoms with Gasteiger partial charge in [-0.1, -0.05) is 6.92 Å². The van der Waals surface area contributed by atoms with Crippen molar-refractivity contribution in [2.75, 3.05) is 26.7 Å². The van der Waals surface area contributed by atoms with Crippen molar-refractivity contribution in [3.8, 4) is 0 Å². The summed E-state index contributed by atoms with van der Waals surface area (Å²) in [6, 6.07) is 0. The predicted molar refractivity (Wildman–Crippen MR) is 50.3 cm³/mol. The first-order chi connectivity index (χ1) is 6.19. The van der Waals surface area contributed by atoms with Crippen LogP contribution < -0.4 is 5.73 Å². The van der Waals surface area contributed by atoms with Gasteiger partial charge in [0.1, 0.15) is 0 Å². The highest BCUT2D eigenvalue weighted by molar-refractivity contribution is 5.67. The number of hydrogen-bond acceptors (Lipinski definition) is 3. The number of piperidine rings is 1. The average molecular weight is 186 g/mol. The second-order valence-corrected chi connectivity index (χ2v) is 3.68. The Hall–Kier alpha value is -0.770. The Balaban J connectivity index is 2.45. The van der Waals surface area contributed by atoms with Gasteiger partial charge in [0, 0.05) is 13.1 Å². The number of nitrogens with zero attached hydrogens (tertiary/aromatic N) is 1. The SMILES string of the molecule is COC(=O)N1CC[C@H](CN)[C@H](C)C1. The lowest BCUT2D eigenvalue weighted by atomic mass is 9.87. The Morgan fingerprint density at radius 2 is 2.38 bits per heavy atom. The second-order valence-electron chi connectivity index (χ2n) is 3.68. The quantitative estimate of drug-likeness (QED) is 0.655. The average Bonchev–Trinajstić information content (AvgIpc) is 2.16. The van der Waals surface area contributed by atoms with Gasteiger partial charge in [0.05, 0.1) is 7.11 Å². The molecular weight excluding hydrogens is 168 g/mol. The largest absolute Gasteiger partial charge is 0.453 e. The summed E-state index contributed by atoms with van der Waals surface area (Å²) < 4.78 is 4.66. The van der Waals surface area contributed by atoms with E-state index in [9.17, 15) is 4.79 Å². The normalized spacial score (nSPS) is 28.7. The van der Waals surface area contributed by atoms with Crippen LogP contribution in [0.1, 0.15) is 13.3 Å². The van der Waals surface area contributed by atoms with Crippen LogP contribution in [0, 0.1) is 11.8 Å². The van der Waals surface area contributed by atoms with Crippen molar-refractivity contribution in [1.29, 1.82) is 0 Å². The fourth-order valence-electron chi connectivity index (χ4n) is 1.84. The van der Waals surface area contributed by atoms with E-state index in [4.69, 9.17) is 5.73 Å². The van der Waals surface area contributed by atoms with E-state index in [1.54, 1.807) is 4.90 Å². The summed E-state index contributed by atoms with van der Waals surface area (Å²) in [7, 11) is 1.42. The number of hydrogen-bond donors (Lipinski definition) is 1. The summed E-state index contributed by atoms with van der Waals surface area (Å²) in [6.45, 7) is 4.40. The number of rotatable bonds is 1. The first-order valence-corrected chi connectivity index (χ1v) is 4.72. The Bertz CT molecular complexity index is 184. The highest BCUT2D eigenvalue weighted by Crippen LogP contribution is 2.22. The van der Waals surface area contributed by atoms with Crippen LogP contribution in [0.3, 0.4) is 0 Å². The van der Waals surface area contributed by atoms with Gasteiger partial charge in [-0.3, -0.25) is 0 Å². The minimum Gasteiger partial charge on any atom is -0.453 e. The molecule has 0 saturated carbocycles. The monoisotopic (exact) mass is 186 g/mol. The summed E-state index contributed by atoms with van der Waals surface area (Å²) in [5.41, 5.74) is 5.61. The third kappa shape index (κ3) is 2.34. The van der Waals surface area contributed by atoms with Crippen molar-refractivity contribution in [1.82, 2.24) is 4.90 Å². The van der Waals surface area contributed by atoms with Crippen molar-refractivity contribution in [2.24, 2.45) is 17.6 Å². The molecule has 0 radical (unpaired) electrons. The number of carbonyl (C=O) groups excluding carboxylic acids is 1. The molecule has 1 aliphatic rings. The number of nitrogens with two attached hydrogens (primary N) is 1. The molecule has 1 rings (SSSR count). The molecule has 0 bridgehead atoms. The maximum Gasteiger partial charge on any atom is 0.409 e. The van der Waals surface area contributed by atoms with Crippen LogP contribution in [0.4, 0.5) is 4.79 Å². The molecule has 76 valence electrons. The van der Waals surface area contributed by atoms with Gasteiger partial charge in [0.2, 0.25) is 0 Å². The molecule has 1 amide bonds. The number of ether oxygens (including phenoxy) is 1. The topological polar surface area (TPSA) is 55.6 Å². The maximum atomic E-state index is 11.2. The van der Waals surface area contributed by atoms with Gasteiger partial charge in [-0.05, 0) is 24.8 Å². The summed E-state index contributed by atoms with van der Waals surface area (Å²) >= 11 is 0. The van der Waals surface area contributed by atoms with Gasteiger partial charge in [0.25, 0.3) is 0 Å². The van der Waals surface area contributed by atoms with Gasteiger partial charge in [-0.25, -0.2) is 4.79 Å². The third-order valence-corrected chi connectivity index (χ3v) is 2.82. The molecule has 0 unspecified atom stereocenters. The van der Waals surface area contributed by atoms with Crippen LogP contribution in [0.2, 0.25) is 0 Å². The highest BCUT2D eigenvalue weighted by Gasteiger charge is 2.27. The van der Waals surface area contributed by atoms with E-state index in [2.05, 4.69) is 11.7 Å². The van der Waals surface area contributed by atoms with Gasteiger partial charge in [0.15, 0.2) is 0 Å². The molecule has 0 aromatic heterocycles. The smallest absolute Gasteiger partial charge is 0.409 e. The number of likely N-dealkylation sites (tertiary alicyclic amines) is 1. The molecule has 0 aliphatic carbocycles.